The van der Waals surface area contributed by atoms with Gasteiger partial charge in [-0.05, 0) is 43.9 Å². The number of aliphatic carboxylic acids is 1. The molecule has 0 aromatic carbocycles. The van der Waals surface area contributed by atoms with Crippen molar-refractivity contribution in [3.8, 4) is 5.75 Å². The van der Waals surface area contributed by atoms with Gasteiger partial charge in [0.05, 0.1) is 17.9 Å². The second-order valence-electron chi connectivity index (χ2n) is 5.39. The first-order valence-electron chi connectivity index (χ1n) is 7.69. The molecule has 2 aromatic heterocycles. The molecule has 24 heavy (non-hydrogen) atoms. The molecule has 0 unspecified atom stereocenters. The largest absolute Gasteiger partial charge is 0.492 e. The molecule has 130 valence electrons. The monoisotopic (exact) mass is 368 g/mol. The normalized spacial score (nSPS) is 10.8. The molecule has 2 rings (SSSR count). The lowest BCUT2D eigenvalue weighted by atomic mass is 10.1. The highest BCUT2D eigenvalue weighted by Gasteiger charge is 2.14. The molecule has 0 spiro atoms. The van der Waals surface area contributed by atoms with Crippen LogP contribution in [0.1, 0.15) is 43.2 Å². The molecular formula is C17H20O5S2. The molecule has 0 aliphatic carbocycles. The third kappa shape index (κ3) is 4.82. The molecule has 0 radical (unpaired) electrons. The summed E-state index contributed by atoms with van der Waals surface area (Å²) < 4.78 is 5.73. The second kappa shape index (κ2) is 8.30. The number of ether oxygens (including phenoxy) is 1. The van der Waals surface area contributed by atoms with Crippen molar-refractivity contribution in [1.29, 1.82) is 0 Å². The standard InChI is InChI=1S/C17H20O5S2/c1-3-11-8-12(24-16(11)17(20)21)5-4-6-22-13-7-10(2)23-14(13)9-15(18)19/h7-8H,3-6,9H2,1-2H3,(H,18,19)(H,20,21). The molecule has 2 aromatic rings. The van der Waals surface area contributed by atoms with Crippen LogP contribution in [0.4, 0.5) is 0 Å². The van der Waals surface area contributed by atoms with Crippen LogP contribution in [0.2, 0.25) is 0 Å². The van der Waals surface area contributed by atoms with Crippen LogP contribution in [0, 0.1) is 6.92 Å². The number of aromatic carboxylic acids is 1. The van der Waals surface area contributed by atoms with E-state index in [0.717, 1.165) is 33.0 Å². The Bertz CT molecular complexity index is 729. The van der Waals surface area contributed by atoms with Crippen LogP contribution in [0.25, 0.3) is 0 Å². The number of rotatable bonds is 9. The Labute approximate surface area is 148 Å². The van der Waals surface area contributed by atoms with Gasteiger partial charge >= 0.3 is 11.9 Å². The average Bonchev–Trinajstić information content (AvgIpc) is 3.06. The van der Waals surface area contributed by atoms with Crippen molar-refractivity contribution < 1.29 is 24.5 Å². The lowest BCUT2D eigenvalue weighted by Crippen LogP contribution is -2.03. The van der Waals surface area contributed by atoms with Crippen molar-refractivity contribution in [2.45, 2.75) is 39.5 Å². The van der Waals surface area contributed by atoms with Crippen molar-refractivity contribution in [2.75, 3.05) is 6.61 Å². The number of carboxylic acids is 2. The zero-order valence-electron chi connectivity index (χ0n) is 13.6. The first kappa shape index (κ1) is 18.5. The highest BCUT2D eigenvalue weighted by atomic mass is 32.1. The molecule has 0 aliphatic rings. The molecule has 2 N–H and O–H groups in total. The molecule has 0 saturated carbocycles. The minimum Gasteiger partial charge on any atom is -0.492 e. The fraction of sp³-hybridized carbons (Fsp3) is 0.412. The van der Waals surface area contributed by atoms with Gasteiger partial charge < -0.3 is 14.9 Å². The van der Waals surface area contributed by atoms with E-state index in [4.69, 9.17) is 9.84 Å². The van der Waals surface area contributed by atoms with E-state index in [1.165, 1.54) is 22.7 Å². The predicted molar refractivity (Wildman–Crippen MR) is 94.9 cm³/mol. The minimum absolute atomic E-state index is 0.0272. The first-order chi connectivity index (χ1) is 11.4. The molecule has 2 heterocycles. The lowest BCUT2D eigenvalue weighted by molar-refractivity contribution is -0.136. The quantitative estimate of drug-likeness (QED) is 0.653. The van der Waals surface area contributed by atoms with Gasteiger partial charge in [-0.1, -0.05) is 6.92 Å². The van der Waals surface area contributed by atoms with Gasteiger partial charge in [-0.25, -0.2) is 4.79 Å². The van der Waals surface area contributed by atoms with Crippen LogP contribution in [0.15, 0.2) is 12.1 Å². The van der Waals surface area contributed by atoms with E-state index in [0.29, 0.717) is 23.7 Å². The Morgan fingerprint density at radius 2 is 1.96 bits per heavy atom. The average molecular weight is 368 g/mol. The van der Waals surface area contributed by atoms with Crippen molar-refractivity contribution in [3.05, 3.63) is 37.2 Å². The van der Waals surface area contributed by atoms with E-state index < -0.39 is 11.9 Å². The lowest BCUT2D eigenvalue weighted by Gasteiger charge is -2.05. The summed E-state index contributed by atoms with van der Waals surface area (Å²) in [6.07, 6.45) is 2.19. The van der Waals surface area contributed by atoms with Gasteiger partial charge in [0.1, 0.15) is 10.6 Å². The Morgan fingerprint density at radius 1 is 1.21 bits per heavy atom. The zero-order valence-corrected chi connectivity index (χ0v) is 15.3. The first-order valence-corrected chi connectivity index (χ1v) is 9.32. The molecule has 0 amide bonds. The van der Waals surface area contributed by atoms with Crippen LogP contribution in [0.5, 0.6) is 5.75 Å². The van der Waals surface area contributed by atoms with Crippen LogP contribution >= 0.6 is 22.7 Å². The number of aryl methyl sites for hydroxylation is 3. The van der Waals surface area contributed by atoms with E-state index in [9.17, 15) is 14.7 Å². The summed E-state index contributed by atoms with van der Waals surface area (Å²) in [5.74, 6) is -1.09. The molecule has 0 saturated heterocycles. The van der Waals surface area contributed by atoms with E-state index in [1.54, 1.807) is 0 Å². The third-order valence-electron chi connectivity index (χ3n) is 3.47. The highest BCUT2D eigenvalue weighted by molar-refractivity contribution is 7.14. The van der Waals surface area contributed by atoms with E-state index in [1.807, 2.05) is 26.0 Å². The molecule has 5 nitrogen and oxygen atoms in total. The third-order valence-corrected chi connectivity index (χ3v) is 5.72. The van der Waals surface area contributed by atoms with E-state index in [2.05, 4.69) is 0 Å². The fourth-order valence-corrected chi connectivity index (χ4v) is 4.50. The highest BCUT2D eigenvalue weighted by Crippen LogP contribution is 2.30. The molecule has 0 atom stereocenters. The number of hydrogen-bond acceptors (Lipinski definition) is 5. The summed E-state index contributed by atoms with van der Waals surface area (Å²) in [6, 6.07) is 3.82. The SMILES string of the molecule is CCc1cc(CCCOc2cc(C)sc2CC(=O)O)sc1C(=O)O. The van der Waals surface area contributed by atoms with E-state index in [-0.39, 0.29) is 6.42 Å². The number of thiophene rings is 2. The summed E-state index contributed by atoms with van der Waals surface area (Å²) in [4.78, 5) is 25.3. The van der Waals surface area contributed by atoms with Gasteiger partial charge in [-0.3, -0.25) is 4.79 Å². The predicted octanol–water partition coefficient (Wildman–Crippen LogP) is 4.02. The molecular weight excluding hydrogens is 348 g/mol. The topological polar surface area (TPSA) is 83.8 Å². The van der Waals surface area contributed by atoms with E-state index >= 15 is 0 Å². The van der Waals surface area contributed by atoms with Gasteiger partial charge in [0.25, 0.3) is 0 Å². The second-order valence-corrected chi connectivity index (χ2v) is 7.87. The van der Waals surface area contributed by atoms with Gasteiger partial charge in [-0.15, -0.1) is 22.7 Å². The van der Waals surface area contributed by atoms with Crippen LogP contribution in [0.3, 0.4) is 0 Å². The molecule has 7 heteroatoms. The maximum Gasteiger partial charge on any atom is 0.346 e. The number of hydrogen-bond donors (Lipinski definition) is 2. The number of carboxylic acid groups (broad SMARTS) is 2. The molecule has 0 fully saturated rings. The summed E-state index contributed by atoms with van der Waals surface area (Å²) in [5, 5.41) is 18.1. The van der Waals surface area contributed by atoms with Crippen molar-refractivity contribution >= 4 is 34.6 Å². The Morgan fingerprint density at radius 3 is 2.54 bits per heavy atom. The summed E-state index contributed by atoms with van der Waals surface area (Å²) >= 11 is 2.76. The summed E-state index contributed by atoms with van der Waals surface area (Å²) in [7, 11) is 0. The fourth-order valence-electron chi connectivity index (χ4n) is 2.40. The molecule has 0 aliphatic heterocycles. The van der Waals surface area contributed by atoms with Crippen LogP contribution < -0.4 is 4.74 Å². The Hall–Kier alpha value is -1.86. The number of carbonyl (C=O) groups is 2. The van der Waals surface area contributed by atoms with Gasteiger partial charge in [0.2, 0.25) is 0 Å². The zero-order chi connectivity index (χ0) is 17.7. The van der Waals surface area contributed by atoms with Gasteiger partial charge in [0.15, 0.2) is 0 Å². The Kier molecular flexibility index (Phi) is 6.39. The van der Waals surface area contributed by atoms with Crippen molar-refractivity contribution in [2.24, 2.45) is 0 Å². The van der Waals surface area contributed by atoms with Crippen LogP contribution in [-0.2, 0) is 24.1 Å². The summed E-state index contributed by atoms with van der Waals surface area (Å²) in [5.41, 5.74) is 0.876. The van der Waals surface area contributed by atoms with Crippen molar-refractivity contribution in [3.63, 3.8) is 0 Å². The van der Waals surface area contributed by atoms with Crippen molar-refractivity contribution in [1.82, 2.24) is 0 Å². The minimum atomic E-state index is -0.869. The van der Waals surface area contributed by atoms with Gasteiger partial charge in [0, 0.05) is 9.75 Å². The van der Waals surface area contributed by atoms with Gasteiger partial charge in [-0.2, -0.15) is 0 Å². The summed E-state index contributed by atoms with van der Waals surface area (Å²) in [6.45, 7) is 4.35. The maximum absolute atomic E-state index is 11.2. The molecule has 0 bridgehead atoms. The maximum atomic E-state index is 11.2. The van der Waals surface area contributed by atoms with Crippen LogP contribution in [-0.4, -0.2) is 28.8 Å². The smallest absolute Gasteiger partial charge is 0.346 e. The Balaban J connectivity index is 1.89.